The Balaban J connectivity index is 1.91. The van der Waals surface area contributed by atoms with Crippen molar-refractivity contribution in [2.24, 2.45) is 0 Å². The van der Waals surface area contributed by atoms with Crippen LogP contribution < -0.4 is 10.6 Å². The lowest BCUT2D eigenvalue weighted by Crippen LogP contribution is -2.31. The van der Waals surface area contributed by atoms with Crippen LogP contribution in [-0.2, 0) is 9.53 Å². The number of anilines is 1. The van der Waals surface area contributed by atoms with E-state index >= 15 is 0 Å². The molecule has 0 saturated heterocycles. The first-order valence-corrected chi connectivity index (χ1v) is 8.36. The van der Waals surface area contributed by atoms with E-state index in [9.17, 15) is 18.4 Å². The predicted molar refractivity (Wildman–Crippen MR) is 99.0 cm³/mol. The van der Waals surface area contributed by atoms with Gasteiger partial charge in [0, 0.05) is 11.8 Å². The molecule has 0 fully saturated rings. The van der Waals surface area contributed by atoms with Gasteiger partial charge in [0.1, 0.15) is 0 Å². The van der Waals surface area contributed by atoms with Crippen molar-refractivity contribution in [2.75, 3.05) is 11.9 Å². The number of urea groups is 1. The second kappa shape index (κ2) is 9.47. The van der Waals surface area contributed by atoms with Gasteiger partial charge in [0.25, 0.3) is 0 Å². The van der Waals surface area contributed by atoms with Crippen LogP contribution in [0.2, 0.25) is 0 Å². The van der Waals surface area contributed by atoms with Gasteiger partial charge in [-0.05, 0) is 55.3 Å². The van der Waals surface area contributed by atoms with Crippen molar-refractivity contribution in [2.45, 2.75) is 19.9 Å². The first kappa shape index (κ1) is 20.1. The van der Waals surface area contributed by atoms with Crippen molar-refractivity contribution in [3.8, 4) is 0 Å². The van der Waals surface area contributed by atoms with Crippen molar-refractivity contribution in [1.82, 2.24) is 5.32 Å². The van der Waals surface area contributed by atoms with Crippen molar-refractivity contribution in [1.29, 1.82) is 0 Å². The molecule has 7 heteroatoms. The Labute approximate surface area is 156 Å². The first-order valence-electron chi connectivity index (χ1n) is 8.36. The summed E-state index contributed by atoms with van der Waals surface area (Å²) in [4.78, 5) is 23.3. The highest BCUT2D eigenvalue weighted by molar-refractivity contribution is 5.90. The number of benzene rings is 2. The molecule has 1 atom stereocenters. The van der Waals surface area contributed by atoms with Crippen molar-refractivity contribution < 1.29 is 23.1 Å². The Morgan fingerprint density at radius 3 is 2.44 bits per heavy atom. The minimum atomic E-state index is -0.965. The number of hydrogen-bond donors (Lipinski definition) is 2. The Morgan fingerprint density at radius 1 is 1.11 bits per heavy atom. The van der Waals surface area contributed by atoms with E-state index in [0.717, 1.165) is 17.7 Å². The van der Waals surface area contributed by atoms with Gasteiger partial charge in [-0.3, -0.25) is 0 Å². The van der Waals surface area contributed by atoms with E-state index in [2.05, 4.69) is 10.6 Å². The number of hydrogen-bond acceptors (Lipinski definition) is 3. The van der Waals surface area contributed by atoms with Gasteiger partial charge in [0.15, 0.2) is 11.6 Å². The molecule has 0 saturated carbocycles. The number of ether oxygens (including phenoxy) is 1. The minimum Gasteiger partial charge on any atom is -0.463 e. The maximum atomic E-state index is 13.3. The fraction of sp³-hybridized carbons (Fsp3) is 0.200. The van der Waals surface area contributed by atoms with Gasteiger partial charge in [-0.25, -0.2) is 18.4 Å². The second-order valence-electron chi connectivity index (χ2n) is 5.70. The number of carbonyl (C=O) groups excluding carboxylic acids is 2. The molecule has 0 aromatic heterocycles. The van der Waals surface area contributed by atoms with Crippen molar-refractivity contribution in [3.05, 3.63) is 71.3 Å². The summed E-state index contributed by atoms with van der Waals surface area (Å²) in [5, 5.41) is 5.29. The van der Waals surface area contributed by atoms with Gasteiger partial charge < -0.3 is 15.4 Å². The molecule has 2 aromatic carbocycles. The fourth-order valence-corrected chi connectivity index (χ4v) is 2.26. The zero-order valence-corrected chi connectivity index (χ0v) is 15.0. The molecule has 27 heavy (non-hydrogen) atoms. The number of rotatable bonds is 6. The average molecular weight is 374 g/mol. The average Bonchev–Trinajstić information content (AvgIpc) is 2.63. The molecule has 0 aliphatic heterocycles. The summed E-state index contributed by atoms with van der Waals surface area (Å²) in [7, 11) is 0. The molecular weight excluding hydrogens is 354 g/mol. The van der Waals surface area contributed by atoms with Crippen LogP contribution in [0.25, 0.3) is 6.08 Å². The Kier molecular flexibility index (Phi) is 7.05. The molecule has 2 N–H and O–H groups in total. The maximum absolute atomic E-state index is 13.3. The van der Waals surface area contributed by atoms with Crippen molar-refractivity contribution >= 4 is 23.8 Å². The summed E-state index contributed by atoms with van der Waals surface area (Å²) in [5.74, 6) is -2.33. The molecule has 0 heterocycles. The summed E-state index contributed by atoms with van der Waals surface area (Å²) in [5.41, 5.74) is 1.76. The molecule has 0 aliphatic rings. The third-order valence-electron chi connectivity index (χ3n) is 3.66. The van der Waals surface area contributed by atoms with Crippen LogP contribution in [0.15, 0.2) is 48.5 Å². The zero-order chi connectivity index (χ0) is 19.8. The Hall–Kier alpha value is -3.22. The highest BCUT2D eigenvalue weighted by Gasteiger charge is 2.12. The summed E-state index contributed by atoms with van der Waals surface area (Å²) >= 11 is 0. The number of halogens is 2. The quantitative estimate of drug-likeness (QED) is 0.581. The molecular formula is C20H20F2N2O3. The normalized spacial score (nSPS) is 11.9. The molecule has 142 valence electrons. The maximum Gasteiger partial charge on any atom is 0.330 e. The van der Waals surface area contributed by atoms with Crippen LogP contribution in [0.4, 0.5) is 19.3 Å². The topological polar surface area (TPSA) is 67.4 Å². The van der Waals surface area contributed by atoms with E-state index in [1.165, 1.54) is 12.1 Å². The van der Waals surface area contributed by atoms with Crippen molar-refractivity contribution in [3.63, 3.8) is 0 Å². The van der Waals surface area contributed by atoms with Gasteiger partial charge in [0.2, 0.25) is 0 Å². The number of amides is 2. The van der Waals surface area contributed by atoms with Gasteiger partial charge in [-0.2, -0.15) is 0 Å². The smallest absolute Gasteiger partial charge is 0.330 e. The Morgan fingerprint density at radius 2 is 1.81 bits per heavy atom. The van der Waals surface area contributed by atoms with Gasteiger partial charge in [0.05, 0.1) is 12.6 Å². The van der Waals surface area contributed by atoms with Crippen LogP contribution in [0.1, 0.15) is 31.0 Å². The van der Waals surface area contributed by atoms with Gasteiger partial charge in [-0.15, -0.1) is 0 Å². The SMILES string of the molecule is CCOC(=O)/C=C/c1ccc(NC(=O)NC(C)c2ccc(F)c(F)c2)cc1. The predicted octanol–water partition coefficient (Wildman–Crippen LogP) is 4.42. The van der Waals surface area contributed by atoms with Crippen LogP contribution in [0.3, 0.4) is 0 Å². The van der Waals surface area contributed by atoms with E-state index in [0.29, 0.717) is 17.9 Å². The highest BCUT2D eigenvalue weighted by atomic mass is 19.2. The van der Waals surface area contributed by atoms with Crippen LogP contribution in [0.5, 0.6) is 0 Å². The molecule has 0 spiro atoms. The van der Waals surface area contributed by atoms with E-state index in [1.807, 2.05) is 0 Å². The summed E-state index contributed by atoms with van der Waals surface area (Å²) in [6.45, 7) is 3.70. The molecule has 0 aliphatic carbocycles. The zero-order valence-electron chi connectivity index (χ0n) is 15.0. The lowest BCUT2D eigenvalue weighted by Gasteiger charge is -2.15. The molecule has 0 radical (unpaired) electrons. The highest BCUT2D eigenvalue weighted by Crippen LogP contribution is 2.16. The number of nitrogens with one attached hydrogen (secondary N) is 2. The standard InChI is InChI=1S/C20H20F2N2O3/c1-3-27-19(25)11-6-14-4-8-16(9-5-14)24-20(26)23-13(2)15-7-10-17(21)18(22)12-15/h4-13H,3H2,1-2H3,(H2,23,24,26)/b11-6+. The van der Waals surface area contributed by atoms with E-state index in [4.69, 9.17) is 4.74 Å². The molecule has 1 unspecified atom stereocenters. The second-order valence-corrected chi connectivity index (χ2v) is 5.70. The third kappa shape index (κ3) is 6.22. The summed E-state index contributed by atoms with van der Waals surface area (Å²) in [6.07, 6.45) is 2.93. The third-order valence-corrected chi connectivity index (χ3v) is 3.66. The first-order chi connectivity index (χ1) is 12.9. The van der Waals surface area contributed by atoms with Gasteiger partial charge in [-0.1, -0.05) is 18.2 Å². The lowest BCUT2D eigenvalue weighted by atomic mass is 10.1. The number of esters is 1. The van der Waals surface area contributed by atoms with E-state index in [-0.39, 0.29) is 0 Å². The van der Waals surface area contributed by atoms with Crippen LogP contribution >= 0.6 is 0 Å². The van der Waals surface area contributed by atoms with E-state index < -0.39 is 29.7 Å². The van der Waals surface area contributed by atoms with Crippen LogP contribution in [0, 0.1) is 11.6 Å². The molecule has 2 amide bonds. The molecule has 2 rings (SSSR count). The van der Waals surface area contributed by atoms with Gasteiger partial charge >= 0.3 is 12.0 Å². The van der Waals surface area contributed by atoms with E-state index in [1.54, 1.807) is 44.2 Å². The Bertz CT molecular complexity index is 836. The monoisotopic (exact) mass is 374 g/mol. The lowest BCUT2D eigenvalue weighted by molar-refractivity contribution is -0.137. The summed E-state index contributed by atoms with van der Waals surface area (Å²) in [6, 6.07) is 9.28. The summed E-state index contributed by atoms with van der Waals surface area (Å²) < 4.78 is 31.0. The molecule has 5 nitrogen and oxygen atoms in total. The molecule has 0 bridgehead atoms. The number of carbonyl (C=O) groups is 2. The largest absolute Gasteiger partial charge is 0.463 e. The fourth-order valence-electron chi connectivity index (χ4n) is 2.26. The minimum absolute atomic E-state index is 0.310. The van der Waals surface area contributed by atoms with Crippen LogP contribution in [-0.4, -0.2) is 18.6 Å². The molecule has 2 aromatic rings.